The van der Waals surface area contributed by atoms with Crippen LogP contribution in [0.5, 0.6) is 0 Å². The van der Waals surface area contributed by atoms with Crippen molar-refractivity contribution in [2.75, 3.05) is 19.8 Å². The number of hydrogen-bond acceptors (Lipinski definition) is 4. The first-order valence-electron chi connectivity index (χ1n) is 3.58. The van der Waals surface area contributed by atoms with E-state index in [9.17, 15) is 8.42 Å². The average Bonchev–Trinajstić information content (AvgIpc) is 1.97. The van der Waals surface area contributed by atoms with Crippen LogP contribution in [-0.4, -0.2) is 48.0 Å². The second kappa shape index (κ2) is 5.14. The fourth-order valence-electron chi connectivity index (χ4n) is 0.682. The van der Waals surface area contributed by atoms with Gasteiger partial charge in [-0.2, -0.15) is 21.0 Å². The highest BCUT2D eigenvalue weighted by Gasteiger charge is 2.14. The van der Waals surface area contributed by atoms with Gasteiger partial charge in [-0.25, -0.2) is 0 Å². The molecule has 0 aliphatic carbocycles. The second-order valence-corrected chi connectivity index (χ2v) is 5.44. The van der Waals surface area contributed by atoms with Gasteiger partial charge in [0.25, 0.3) is 10.1 Å². The second-order valence-electron chi connectivity index (χ2n) is 2.82. The zero-order chi connectivity index (χ0) is 10.6. The Balaban J connectivity index is 4.03. The molecule has 0 aliphatic heterocycles. The van der Waals surface area contributed by atoms with Crippen molar-refractivity contribution in [1.29, 1.82) is 0 Å². The molecule has 0 saturated heterocycles. The summed E-state index contributed by atoms with van der Waals surface area (Å²) < 4.78 is 29.3. The van der Waals surface area contributed by atoms with Crippen LogP contribution in [0.25, 0.3) is 0 Å². The molecule has 0 radical (unpaired) electrons. The van der Waals surface area contributed by atoms with Crippen molar-refractivity contribution in [2.24, 2.45) is 0 Å². The van der Waals surface area contributed by atoms with Gasteiger partial charge in [0.1, 0.15) is 0 Å². The average molecular weight is 243 g/mol. The number of rotatable bonds is 4. The van der Waals surface area contributed by atoms with Crippen molar-refractivity contribution in [3.8, 4) is 0 Å². The van der Waals surface area contributed by atoms with Gasteiger partial charge < -0.3 is 4.90 Å². The highest BCUT2D eigenvalue weighted by Crippen LogP contribution is 2.07. The summed E-state index contributed by atoms with van der Waals surface area (Å²) in [4.78, 5) is 2.25. The molecule has 0 spiro atoms. The van der Waals surface area contributed by atoms with Gasteiger partial charge in [-0.3, -0.25) is 4.55 Å². The zero-order valence-electron chi connectivity index (χ0n) is 7.47. The molecule has 1 unspecified atom stereocenters. The van der Waals surface area contributed by atoms with E-state index in [1.54, 1.807) is 19.0 Å². The molecule has 0 aromatic rings. The minimum absolute atomic E-state index is 0.221. The van der Waals surface area contributed by atoms with E-state index >= 15 is 0 Å². The molecule has 0 aromatic carbocycles. The van der Waals surface area contributed by atoms with E-state index in [1.165, 1.54) is 0 Å². The fourth-order valence-corrected chi connectivity index (χ4v) is 1.87. The molecule has 7 heteroatoms. The fraction of sp³-hybridized carbons (Fsp3) is 0.833. The lowest BCUT2D eigenvalue weighted by Gasteiger charge is -2.18. The summed E-state index contributed by atoms with van der Waals surface area (Å²) in [5, 5.41) is -0.313. The maximum atomic E-state index is 10.4. The van der Waals surface area contributed by atoms with E-state index in [-0.39, 0.29) is 17.4 Å². The van der Waals surface area contributed by atoms with Gasteiger partial charge in [0, 0.05) is 14.1 Å². The summed E-state index contributed by atoms with van der Waals surface area (Å²) in [5.74, 6) is -0.310. The molecule has 0 amide bonds. The normalized spacial score (nSPS) is 13.8. The van der Waals surface area contributed by atoms with Gasteiger partial charge >= 0.3 is 0 Å². The van der Waals surface area contributed by atoms with Gasteiger partial charge in [-0.1, -0.05) is 12.2 Å². The minimum atomic E-state index is -3.91. The van der Waals surface area contributed by atoms with E-state index in [0.29, 0.717) is 4.99 Å². The molecule has 78 valence electrons. The predicted octanol–water partition coefficient (Wildman–Crippen LogP) is 0.452. The maximum Gasteiger partial charge on any atom is 0.264 e. The third kappa shape index (κ3) is 6.25. The number of thiocarbonyl (C=S) groups is 1. The Bertz CT molecular complexity index is 273. The van der Waals surface area contributed by atoms with Crippen LogP contribution < -0.4 is 0 Å². The molecular weight excluding hydrogens is 230 g/mol. The lowest BCUT2D eigenvalue weighted by molar-refractivity contribution is 0.481. The van der Waals surface area contributed by atoms with Crippen LogP contribution in [0.2, 0.25) is 0 Å². The summed E-state index contributed by atoms with van der Waals surface area (Å²) >= 11 is 9.08. The lowest BCUT2D eigenvalue weighted by Crippen LogP contribution is -2.29. The molecule has 0 rings (SSSR count). The minimum Gasteiger partial charge on any atom is -0.371 e. The third-order valence-corrected chi connectivity index (χ3v) is 3.45. The molecule has 1 N–H and O–H groups in total. The van der Waals surface area contributed by atoms with Crippen LogP contribution in [0.15, 0.2) is 0 Å². The molecule has 0 aliphatic rings. The zero-order valence-corrected chi connectivity index (χ0v) is 9.99. The smallest absolute Gasteiger partial charge is 0.264 e. The highest BCUT2D eigenvalue weighted by molar-refractivity contribution is 7.87. The van der Waals surface area contributed by atoms with E-state index in [1.807, 2.05) is 0 Å². The summed E-state index contributed by atoms with van der Waals surface area (Å²) in [6.07, 6.45) is 0.221. The summed E-state index contributed by atoms with van der Waals surface area (Å²) in [5.41, 5.74) is 0. The first-order valence-corrected chi connectivity index (χ1v) is 6.12. The Morgan fingerprint density at radius 2 is 2.08 bits per heavy atom. The summed E-state index contributed by atoms with van der Waals surface area (Å²) in [7, 11) is -0.380. The molecule has 4 nitrogen and oxygen atoms in total. The highest BCUT2D eigenvalue weighted by atomic mass is 32.2. The molecule has 0 fully saturated rings. The topological polar surface area (TPSA) is 57.6 Å². The van der Waals surface area contributed by atoms with Gasteiger partial charge in [0.05, 0.1) is 16.0 Å². The van der Waals surface area contributed by atoms with Gasteiger partial charge in [0.15, 0.2) is 0 Å². The Morgan fingerprint density at radius 1 is 1.62 bits per heavy atom. The Labute approximate surface area is 89.5 Å². The van der Waals surface area contributed by atoms with Crippen LogP contribution >= 0.6 is 24.8 Å². The van der Waals surface area contributed by atoms with Crippen LogP contribution in [0.4, 0.5) is 0 Å². The van der Waals surface area contributed by atoms with Gasteiger partial charge in [-0.15, -0.1) is 0 Å². The van der Waals surface area contributed by atoms with Crippen molar-refractivity contribution in [1.82, 2.24) is 4.90 Å². The van der Waals surface area contributed by atoms with Gasteiger partial charge in [0.2, 0.25) is 0 Å². The Hall–Kier alpha value is 0.150. The summed E-state index contributed by atoms with van der Waals surface area (Å²) in [6, 6.07) is 0. The first kappa shape index (κ1) is 13.2. The van der Waals surface area contributed by atoms with Crippen molar-refractivity contribution in [3.05, 3.63) is 0 Å². The first-order chi connectivity index (χ1) is 5.74. The van der Waals surface area contributed by atoms with Crippen molar-refractivity contribution in [2.45, 2.75) is 11.7 Å². The molecule has 13 heavy (non-hydrogen) atoms. The van der Waals surface area contributed by atoms with Crippen LogP contribution in [0.3, 0.4) is 0 Å². The van der Waals surface area contributed by atoms with Crippen LogP contribution in [0.1, 0.15) is 6.42 Å². The number of thiol groups is 1. The largest absolute Gasteiger partial charge is 0.371 e. The molecular formula is C6H13NO3S3. The van der Waals surface area contributed by atoms with Crippen molar-refractivity contribution in [3.63, 3.8) is 0 Å². The Morgan fingerprint density at radius 3 is 2.38 bits per heavy atom. The summed E-state index contributed by atoms with van der Waals surface area (Å²) in [6.45, 7) is 0. The predicted molar refractivity (Wildman–Crippen MR) is 60.1 cm³/mol. The number of hydrogen-bond donors (Lipinski definition) is 2. The molecule has 1 atom stereocenters. The molecule has 0 aromatic heterocycles. The van der Waals surface area contributed by atoms with E-state index in [0.717, 1.165) is 0 Å². The third-order valence-electron chi connectivity index (χ3n) is 1.38. The van der Waals surface area contributed by atoms with E-state index in [2.05, 4.69) is 12.6 Å². The Kier molecular flexibility index (Phi) is 5.19. The monoisotopic (exact) mass is 243 g/mol. The standard InChI is InChI=1S/C6H13NO3S3/c1-7(2)6(12)5(11)3-4-13(8,9)10/h5,11H,3-4H2,1-2H3,(H,8,9,10). The quantitative estimate of drug-likeness (QED) is 0.426. The van der Waals surface area contributed by atoms with Gasteiger partial charge in [-0.05, 0) is 6.42 Å². The van der Waals surface area contributed by atoms with Crippen molar-refractivity contribution < 1.29 is 13.0 Å². The van der Waals surface area contributed by atoms with Crippen molar-refractivity contribution >= 4 is 40.0 Å². The maximum absolute atomic E-state index is 10.4. The lowest BCUT2D eigenvalue weighted by atomic mass is 10.3. The van der Waals surface area contributed by atoms with Crippen LogP contribution in [0, 0.1) is 0 Å². The molecule has 0 bridgehead atoms. The molecule has 0 heterocycles. The van der Waals surface area contributed by atoms with E-state index < -0.39 is 10.1 Å². The SMILES string of the molecule is CN(C)C(=S)C(S)CCS(=O)(=O)O. The number of nitrogens with zero attached hydrogens (tertiary/aromatic N) is 1. The van der Waals surface area contributed by atoms with Crippen LogP contribution in [-0.2, 0) is 10.1 Å². The molecule has 0 saturated carbocycles. The van der Waals surface area contributed by atoms with E-state index in [4.69, 9.17) is 16.8 Å².